The van der Waals surface area contributed by atoms with E-state index in [4.69, 9.17) is 11.6 Å². The highest BCUT2D eigenvalue weighted by molar-refractivity contribution is 7.98. The summed E-state index contributed by atoms with van der Waals surface area (Å²) in [5.41, 5.74) is 2.15. The number of halogens is 1. The Bertz CT molecular complexity index is 314. The molecule has 14 heavy (non-hydrogen) atoms. The number of thioether (sulfide) groups is 1. The minimum absolute atomic E-state index is 0.179. The molecule has 0 N–H and O–H groups in total. The van der Waals surface area contributed by atoms with E-state index in [0.29, 0.717) is 12.3 Å². The van der Waals surface area contributed by atoms with E-state index in [9.17, 15) is 4.79 Å². The van der Waals surface area contributed by atoms with E-state index in [0.717, 1.165) is 16.0 Å². The number of alkyl halides is 1. The molecule has 0 aliphatic carbocycles. The predicted octanol–water partition coefficient (Wildman–Crippen LogP) is 3.28. The van der Waals surface area contributed by atoms with Gasteiger partial charge in [-0.2, -0.15) is 0 Å². The Hall–Kier alpha value is -0.470. The van der Waals surface area contributed by atoms with Crippen LogP contribution < -0.4 is 0 Å². The second kappa shape index (κ2) is 5.42. The van der Waals surface area contributed by atoms with Gasteiger partial charge in [0.05, 0.1) is 0 Å². The first-order valence-corrected chi connectivity index (χ1v) is 6.15. The Morgan fingerprint density at radius 1 is 1.50 bits per heavy atom. The number of rotatable bonds is 4. The average Bonchev–Trinajstić information content (AvgIpc) is 2.17. The van der Waals surface area contributed by atoms with Gasteiger partial charge in [-0.15, -0.1) is 23.4 Å². The van der Waals surface area contributed by atoms with E-state index in [1.807, 2.05) is 24.5 Å². The van der Waals surface area contributed by atoms with Crippen molar-refractivity contribution >= 4 is 29.1 Å². The summed E-state index contributed by atoms with van der Waals surface area (Å²) in [7, 11) is 0. The highest BCUT2D eigenvalue weighted by Gasteiger charge is 2.08. The molecule has 0 heterocycles. The van der Waals surface area contributed by atoms with Crippen molar-refractivity contribution in [3.8, 4) is 0 Å². The van der Waals surface area contributed by atoms with E-state index in [1.54, 1.807) is 18.7 Å². The summed E-state index contributed by atoms with van der Waals surface area (Å²) >= 11 is 7.48. The van der Waals surface area contributed by atoms with Crippen LogP contribution in [0.25, 0.3) is 0 Å². The van der Waals surface area contributed by atoms with Gasteiger partial charge in [0.25, 0.3) is 0 Å². The number of hydrogen-bond donors (Lipinski definition) is 0. The molecule has 0 unspecified atom stereocenters. The zero-order valence-corrected chi connectivity index (χ0v) is 9.91. The summed E-state index contributed by atoms with van der Waals surface area (Å²) < 4.78 is 0. The van der Waals surface area contributed by atoms with Crippen LogP contribution in [0.3, 0.4) is 0 Å². The van der Waals surface area contributed by atoms with Crippen LogP contribution in [0.5, 0.6) is 0 Å². The topological polar surface area (TPSA) is 17.1 Å². The van der Waals surface area contributed by atoms with Gasteiger partial charge in [-0.3, -0.25) is 4.79 Å². The van der Waals surface area contributed by atoms with E-state index < -0.39 is 0 Å². The van der Waals surface area contributed by atoms with Crippen molar-refractivity contribution in [2.24, 2.45) is 0 Å². The van der Waals surface area contributed by atoms with Crippen LogP contribution in [0.2, 0.25) is 0 Å². The van der Waals surface area contributed by atoms with Crippen LogP contribution >= 0.6 is 23.4 Å². The van der Waals surface area contributed by atoms with E-state index in [1.165, 1.54) is 0 Å². The third kappa shape index (κ3) is 2.76. The van der Waals surface area contributed by atoms with Crippen molar-refractivity contribution < 1.29 is 4.79 Å². The molecule has 0 spiro atoms. The van der Waals surface area contributed by atoms with Crippen LogP contribution in [0.1, 0.15) is 18.1 Å². The fourth-order valence-corrected chi connectivity index (χ4v) is 2.29. The number of ketones is 1. The molecule has 0 amide bonds. The second-order valence-electron chi connectivity index (χ2n) is 3.11. The number of carbonyl (C=O) groups excluding carboxylic acids is 1. The average molecular weight is 229 g/mol. The number of Topliss-reactive ketones (excluding diaryl/α,β-unsaturated/α-hetero) is 1. The fourth-order valence-electron chi connectivity index (χ4n) is 1.38. The van der Waals surface area contributed by atoms with Crippen molar-refractivity contribution in [3.63, 3.8) is 0 Å². The monoisotopic (exact) mass is 228 g/mol. The van der Waals surface area contributed by atoms with Crippen molar-refractivity contribution in [1.82, 2.24) is 0 Å². The molecule has 0 saturated heterocycles. The SMILES string of the molecule is CSc1cccc(CCl)c1CC(C)=O. The molecule has 0 aliphatic rings. The highest BCUT2D eigenvalue weighted by Crippen LogP contribution is 2.25. The van der Waals surface area contributed by atoms with Crippen LogP contribution in [0.15, 0.2) is 23.1 Å². The lowest BCUT2D eigenvalue weighted by molar-refractivity contribution is -0.116. The van der Waals surface area contributed by atoms with Gasteiger partial charge in [-0.25, -0.2) is 0 Å². The lowest BCUT2D eigenvalue weighted by Crippen LogP contribution is -2.01. The lowest BCUT2D eigenvalue weighted by atomic mass is 10.0. The van der Waals surface area contributed by atoms with Gasteiger partial charge >= 0.3 is 0 Å². The molecular formula is C11H13ClOS. The fraction of sp³-hybridized carbons (Fsp3) is 0.364. The van der Waals surface area contributed by atoms with Crippen LogP contribution in [-0.4, -0.2) is 12.0 Å². The Kier molecular flexibility index (Phi) is 4.49. The first kappa shape index (κ1) is 11.6. The van der Waals surface area contributed by atoms with E-state index in [2.05, 4.69) is 0 Å². The standard InChI is InChI=1S/C11H13ClOS/c1-8(13)6-10-9(7-12)4-3-5-11(10)14-2/h3-5H,6-7H2,1-2H3. The Morgan fingerprint density at radius 2 is 2.21 bits per heavy atom. The van der Waals surface area contributed by atoms with Gasteiger partial charge in [0, 0.05) is 17.2 Å². The number of benzene rings is 1. The normalized spacial score (nSPS) is 10.2. The Morgan fingerprint density at radius 3 is 2.71 bits per heavy atom. The Balaban J connectivity index is 3.12. The van der Waals surface area contributed by atoms with Crippen molar-refractivity contribution in [2.75, 3.05) is 6.26 Å². The molecule has 0 atom stereocenters. The maximum absolute atomic E-state index is 11.1. The first-order valence-electron chi connectivity index (χ1n) is 4.39. The minimum Gasteiger partial charge on any atom is -0.300 e. The highest BCUT2D eigenvalue weighted by atomic mass is 35.5. The van der Waals surface area contributed by atoms with Gasteiger partial charge in [0.15, 0.2) is 0 Å². The summed E-state index contributed by atoms with van der Waals surface area (Å²) in [5, 5.41) is 0. The molecule has 3 heteroatoms. The van der Waals surface area contributed by atoms with E-state index in [-0.39, 0.29) is 5.78 Å². The number of carbonyl (C=O) groups is 1. The van der Waals surface area contributed by atoms with Gasteiger partial charge in [0.2, 0.25) is 0 Å². The predicted molar refractivity (Wildman–Crippen MR) is 62.2 cm³/mol. The number of hydrogen-bond acceptors (Lipinski definition) is 2. The first-order chi connectivity index (χ1) is 6.69. The quantitative estimate of drug-likeness (QED) is 0.581. The molecule has 0 fully saturated rings. The third-order valence-corrected chi connectivity index (χ3v) is 3.13. The molecule has 0 aromatic heterocycles. The summed E-state index contributed by atoms with van der Waals surface area (Å²) in [5.74, 6) is 0.648. The molecule has 1 aromatic rings. The maximum atomic E-state index is 11.1. The molecule has 1 nitrogen and oxygen atoms in total. The summed E-state index contributed by atoms with van der Waals surface area (Å²) in [4.78, 5) is 12.2. The largest absolute Gasteiger partial charge is 0.300 e. The van der Waals surface area contributed by atoms with Gasteiger partial charge in [-0.05, 0) is 30.4 Å². The van der Waals surface area contributed by atoms with Crippen LogP contribution in [0.4, 0.5) is 0 Å². The second-order valence-corrected chi connectivity index (χ2v) is 4.23. The molecule has 76 valence electrons. The van der Waals surface area contributed by atoms with Gasteiger partial charge < -0.3 is 0 Å². The van der Waals surface area contributed by atoms with E-state index >= 15 is 0 Å². The summed E-state index contributed by atoms with van der Waals surface area (Å²) in [6.45, 7) is 1.61. The molecule has 1 aromatic carbocycles. The smallest absolute Gasteiger partial charge is 0.134 e. The Labute approximate surface area is 93.8 Å². The van der Waals surface area contributed by atoms with Gasteiger partial charge in [0.1, 0.15) is 5.78 Å². The van der Waals surface area contributed by atoms with Gasteiger partial charge in [-0.1, -0.05) is 12.1 Å². The minimum atomic E-state index is 0.179. The molecule has 1 rings (SSSR count). The summed E-state index contributed by atoms with van der Waals surface area (Å²) in [6.07, 6.45) is 2.50. The third-order valence-electron chi connectivity index (χ3n) is 2.02. The molecule has 0 radical (unpaired) electrons. The lowest BCUT2D eigenvalue weighted by Gasteiger charge is -2.09. The molecular weight excluding hydrogens is 216 g/mol. The summed E-state index contributed by atoms with van der Waals surface area (Å²) in [6, 6.07) is 5.98. The maximum Gasteiger partial charge on any atom is 0.134 e. The molecule has 0 bridgehead atoms. The molecule has 0 saturated carbocycles. The zero-order chi connectivity index (χ0) is 10.6. The zero-order valence-electron chi connectivity index (χ0n) is 8.34. The van der Waals surface area contributed by atoms with Crippen molar-refractivity contribution in [2.45, 2.75) is 24.1 Å². The van der Waals surface area contributed by atoms with Crippen LogP contribution in [-0.2, 0) is 17.1 Å². The van der Waals surface area contributed by atoms with Crippen molar-refractivity contribution in [3.05, 3.63) is 29.3 Å². The van der Waals surface area contributed by atoms with Crippen molar-refractivity contribution in [1.29, 1.82) is 0 Å². The molecule has 0 aliphatic heterocycles. The van der Waals surface area contributed by atoms with Crippen LogP contribution in [0, 0.1) is 0 Å².